The quantitative estimate of drug-likeness (QED) is 0.661. The first kappa shape index (κ1) is 16.8. The van der Waals surface area contributed by atoms with Gasteiger partial charge in [-0.1, -0.05) is 48.3 Å². The number of rotatable bonds is 5. The van der Waals surface area contributed by atoms with Crippen molar-refractivity contribution in [1.82, 2.24) is 5.32 Å². The highest BCUT2D eigenvalue weighted by molar-refractivity contribution is 9.10. The zero-order chi connectivity index (χ0) is 15.4. The Morgan fingerprint density at radius 3 is 2.67 bits per heavy atom. The molecule has 1 nitrogen and oxygen atoms in total. The van der Waals surface area contributed by atoms with E-state index >= 15 is 0 Å². The molecule has 1 N–H and O–H groups in total. The van der Waals surface area contributed by atoms with Crippen molar-refractivity contribution in [3.63, 3.8) is 0 Å². The summed E-state index contributed by atoms with van der Waals surface area (Å²) < 4.78 is 13.9. The summed E-state index contributed by atoms with van der Waals surface area (Å²) in [6.45, 7) is 2.91. The second-order valence-electron chi connectivity index (χ2n) is 4.70. The highest BCUT2D eigenvalue weighted by Crippen LogP contribution is 2.34. The van der Waals surface area contributed by atoms with Crippen molar-refractivity contribution in [1.29, 1.82) is 0 Å². The average Bonchev–Trinajstić information content (AvgIpc) is 2.47. The van der Waals surface area contributed by atoms with Crippen molar-refractivity contribution >= 4 is 39.1 Å². The number of benzene rings is 2. The van der Waals surface area contributed by atoms with Crippen molar-refractivity contribution in [2.75, 3.05) is 6.54 Å². The van der Waals surface area contributed by atoms with Crippen LogP contribution in [0.2, 0.25) is 10.0 Å². The number of hydrogen-bond acceptors (Lipinski definition) is 1. The van der Waals surface area contributed by atoms with Crippen LogP contribution < -0.4 is 5.32 Å². The zero-order valence-corrected chi connectivity index (χ0v) is 14.6. The summed E-state index contributed by atoms with van der Waals surface area (Å²) in [4.78, 5) is 0. The molecular formula is C16H15BrCl2FN. The monoisotopic (exact) mass is 389 g/mol. The first-order chi connectivity index (χ1) is 10.0. The minimum Gasteiger partial charge on any atom is -0.306 e. The first-order valence-electron chi connectivity index (χ1n) is 6.66. The molecular weight excluding hydrogens is 376 g/mol. The molecule has 2 aromatic carbocycles. The summed E-state index contributed by atoms with van der Waals surface area (Å²) in [5, 5.41) is 4.46. The van der Waals surface area contributed by atoms with E-state index in [2.05, 4.69) is 28.2 Å². The first-order valence-corrected chi connectivity index (χ1v) is 8.21. The summed E-state index contributed by atoms with van der Waals surface area (Å²) in [6, 6.07) is 10.4. The molecule has 0 aliphatic carbocycles. The van der Waals surface area contributed by atoms with E-state index in [1.165, 1.54) is 6.07 Å². The molecule has 0 saturated carbocycles. The number of hydrogen-bond donors (Lipinski definition) is 1. The van der Waals surface area contributed by atoms with Gasteiger partial charge in [-0.05, 0) is 58.2 Å². The lowest BCUT2D eigenvalue weighted by atomic mass is 9.98. The highest BCUT2D eigenvalue weighted by Gasteiger charge is 2.18. The van der Waals surface area contributed by atoms with Crippen LogP contribution in [0.15, 0.2) is 40.9 Å². The van der Waals surface area contributed by atoms with Gasteiger partial charge in [0.2, 0.25) is 0 Å². The Kier molecular flexibility index (Phi) is 6.06. The van der Waals surface area contributed by atoms with Crippen LogP contribution in [0.25, 0.3) is 0 Å². The van der Waals surface area contributed by atoms with Gasteiger partial charge in [-0.15, -0.1) is 0 Å². The second kappa shape index (κ2) is 7.59. The molecule has 0 amide bonds. The molecule has 2 aromatic rings. The second-order valence-corrected chi connectivity index (χ2v) is 6.34. The molecule has 0 heterocycles. The van der Waals surface area contributed by atoms with Crippen molar-refractivity contribution in [2.45, 2.75) is 19.4 Å². The van der Waals surface area contributed by atoms with Crippen LogP contribution >= 0.6 is 39.1 Å². The predicted molar refractivity (Wildman–Crippen MR) is 90.7 cm³/mol. The van der Waals surface area contributed by atoms with Crippen LogP contribution in [-0.4, -0.2) is 6.54 Å². The Balaban J connectivity index is 2.47. The molecule has 0 aromatic heterocycles. The number of nitrogens with one attached hydrogen (secondary N) is 1. The summed E-state index contributed by atoms with van der Waals surface area (Å²) in [5.41, 5.74) is 1.82. The molecule has 5 heteroatoms. The third kappa shape index (κ3) is 3.98. The molecule has 0 aliphatic heterocycles. The van der Waals surface area contributed by atoms with Gasteiger partial charge in [0, 0.05) is 0 Å². The lowest BCUT2D eigenvalue weighted by Gasteiger charge is -2.21. The van der Waals surface area contributed by atoms with E-state index in [0.29, 0.717) is 14.5 Å². The van der Waals surface area contributed by atoms with Crippen LogP contribution in [0.1, 0.15) is 30.5 Å². The highest BCUT2D eigenvalue weighted by atomic mass is 79.9. The molecule has 0 radical (unpaired) electrons. The Morgan fingerprint density at radius 2 is 2.00 bits per heavy atom. The van der Waals surface area contributed by atoms with E-state index in [9.17, 15) is 4.39 Å². The van der Waals surface area contributed by atoms with Crippen LogP contribution in [0.5, 0.6) is 0 Å². The summed E-state index contributed by atoms with van der Waals surface area (Å²) >= 11 is 15.7. The average molecular weight is 391 g/mol. The zero-order valence-electron chi connectivity index (χ0n) is 11.5. The van der Waals surface area contributed by atoms with Crippen molar-refractivity contribution < 1.29 is 4.39 Å². The number of halogens is 4. The molecule has 112 valence electrons. The maximum atomic E-state index is 13.4. The van der Waals surface area contributed by atoms with Crippen LogP contribution in [0.4, 0.5) is 4.39 Å². The third-order valence-electron chi connectivity index (χ3n) is 3.17. The van der Waals surface area contributed by atoms with E-state index < -0.39 is 0 Å². The maximum Gasteiger partial charge on any atom is 0.137 e. The van der Waals surface area contributed by atoms with Crippen molar-refractivity contribution in [3.05, 3.63) is 67.9 Å². The molecule has 0 fully saturated rings. The topological polar surface area (TPSA) is 12.0 Å². The van der Waals surface area contributed by atoms with E-state index in [1.54, 1.807) is 18.2 Å². The van der Waals surface area contributed by atoms with Crippen LogP contribution in [0.3, 0.4) is 0 Å². The standard InChI is InChI=1S/C16H15BrCl2FN/c1-2-8-21-16(10-6-7-14(20)12(17)9-10)11-4-3-5-13(18)15(11)19/h3-7,9,16,21H,2,8H2,1H3. The fourth-order valence-electron chi connectivity index (χ4n) is 2.13. The summed E-state index contributed by atoms with van der Waals surface area (Å²) in [5.74, 6) is -0.287. The van der Waals surface area contributed by atoms with Gasteiger partial charge >= 0.3 is 0 Å². The molecule has 0 aliphatic rings. The van der Waals surface area contributed by atoms with Gasteiger partial charge in [0.15, 0.2) is 0 Å². The maximum absolute atomic E-state index is 13.4. The third-order valence-corrected chi connectivity index (χ3v) is 4.61. The molecule has 0 bridgehead atoms. The lowest BCUT2D eigenvalue weighted by Crippen LogP contribution is -2.23. The van der Waals surface area contributed by atoms with Crippen molar-refractivity contribution in [3.8, 4) is 0 Å². The van der Waals surface area contributed by atoms with Gasteiger partial charge in [-0.3, -0.25) is 0 Å². The Morgan fingerprint density at radius 1 is 1.24 bits per heavy atom. The van der Waals surface area contributed by atoms with Crippen LogP contribution in [0, 0.1) is 5.82 Å². The smallest absolute Gasteiger partial charge is 0.137 e. The van der Waals surface area contributed by atoms with E-state index in [0.717, 1.165) is 24.1 Å². The van der Waals surface area contributed by atoms with Gasteiger partial charge in [0.05, 0.1) is 20.6 Å². The molecule has 1 unspecified atom stereocenters. The molecule has 0 spiro atoms. The Hall–Kier alpha value is -0.610. The summed E-state index contributed by atoms with van der Waals surface area (Å²) in [6.07, 6.45) is 0.983. The van der Waals surface area contributed by atoms with Gasteiger partial charge in [0.25, 0.3) is 0 Å². The minimum absolute atomic E-state index is 0.131. The predicted octanol–water partition coefficient (Wildman–Crippen LogP) is 5.98. The molecule has 2 rings (SSSR count). The van der Waals surface area contributed by atoms with E-state index in [1.807, 2.05) is 12.1 Å². The van der Waals surface area contributed by atoms with E-state index in [4.69, 9.17) is 23.2 Å². The Labute approximate surface area is 142 Å². The van der Waals surface area contributed by atoms with Gasteiger partial charge < -0.3 is 5.32 Å². The fraction of sp³-hybridized carbons (Fsp3) is 0.250. The molecule has 1 atom stereocenters. The molecule has 21 heavy (non-hydrogen) atoms. The van der Waals surface area contributed by atoms with Gasteiger partial charge in [-0.2, -0.15) is 0 Å². The Bertz CT molecular complexity index is 634. The lowest BCUT2D eigenvalue weighted by molar-refractivity contribution is 0.591. The SMILES string of the molecule is CCCNC(c1ccc(F)c(Br)c1)c1cccc(Cl)c1Cl. The van der Waals surface area contributed by atoms with Crippen molar-refractivity contribution in [2.24, 2.45) is 0 Å². The largest absolute Gasteiger partial charge is 0.306 e. The molecule has 0 saturated heterocycles. The van der Waals surface area contributed by atoms with Gasteiger partial charge in [0.1, 0.15) is 5.82 Å². The van der Waals surface area contributed by atoms with E-state index in [-0.39, 0.29) is 11.9 Å². The van der Waals surface area contributed by atoms with Gasteiger partial charge in [-0.25, -0.2) is 4.39 Å². The normalized spacial score (nSPS) is 12.4. The minimum atomic E-state index is -0.287. The summed E-state index contributed by atoms with van der Waals surface area (Å²) in [7, 11) is 0. The fourth-order valence-corrected chi connectivity index (χ4v) is 2.94. The van der Waals surface area contributed by atoms with Crippen LogP contribution in [-0.2, 0) is 0 Å².